The van der Waals surface area contributed by atoms with Gasteiger partial charge >= 0.3 is 0 Å². The van der Waals surface area contributed by atoms with E-state index in [2.05, 4.69) is 25.7 Å². The number of carbonyl (C=O) groups excluding carboxylic acids is 1. The van der Waals surface area contributed by atoms with Crippen LogP contribution in [0.15, 0.2) is 35.0 Å². The number of nitrogens with zero attached hydrogens (tertiary/aromatic N) is 4. The second kappa shape index (κ2) is 7.76. The molecule has 0 unspecified atom stereocenters. The Bertz CT molecular complexity index is 1020. The second-order valence-corrected chi connectivity index (χ2v) is 7.38. The molecule has 1 N–H and O–H groups in total. The summed E-state index contributed by atoms with van der Waals surface area (Å²) in [4.78, 5) is 16.3. The third-order valence-corrected chi connectivity index (χ3v) is 4.70. The van der Waals surface area contributed by atoms with Crippen molar-refractivity contribution in [1.82, 2.24) is 25.7 Å². The van der Waals surface area contributed by atoms with Gasteiger partial charge in [0, 0.05) is 17.8 Å². The van der Waals surface area contributed by atoms with Crippen molar-refractivity contribution in [1.29, 1.82) is 0 Å². The average Bonchev–Trinajstić information content (AvgIpc) is 3.06. The fraction of sp³-hybridized carbons (Fsp3) is 0.316. The van der Waals surface area contributed by atoms with Crippen molar-refractivity contribution in [3.8, 4) is 17.1 Å². The van der Waals surface area contributed by atoms with Crippen molar-refractivity contribution in [2.45, 2.75) is 26.0 Å². The topological polar surface area (TPSA) is 112 Å². The molecule has 0 atom stereocenters. The molecule has 4 heterocycles. The molecule has 0 bridgehead atoms. The van der Waals surface area contributed by atoms with Gasteiger partial charge in [-0.25, -0.2) is 4.98 Å². The van der Waals surface area contributed by atoms with Gasteiger partial charge in [0.2, 0.25) is 5.88 Å². The first kappa shape index (κ1) is 19.3. The number of hydrogen-bond donors (Lipinski definition) is 1. The van der Waals surface area contributed by atoms with Crippen LogP contribution in [-0.4, -0.2) is 45.0 Å². The highest BCUT2D eigenvalue weighted by atomic mass is 35.5. The van der Waals surface area contributed by atoms with Crippen LogP contribution >= 0.6 is 11.6 Å². The summed E-state index contributed by atoms with van der Waals surface area (Å²) in [5.41, 5.74) is 1.99. The van der Waals surface area contributed by atoms with Crippen molar-refractivity contribution < 1.29 is 18.8 Å². The van der Waals surface area contributed by atoms with Gasteiger partial charge in [0.05, 0.1) is 24.3 Å². The molecule has 0 aromatic carbocycles. The highest BCUT2D eigenvalue weighted by molar-refractivity contribution is 6.29. The molecule has 1 fully saturated rings. The summed E-state index contributed by atoms with van der Waals surface area (Å²) in [6.45, 7) is 4.84. The van der Waals surface area contributed by atoms with Gasteiger partial charge in [-0.05, 0) is 32.0 Å². The first-order chi connectivity index (χ1) is 13.9. The Kier molecular flexibility index (Phi) is 5.16. The number of ether oxygens (including phenoxy) is 2. The Labute approximate surface area is 171 Å². The van der Waals surface area contributed by atoms with Crippen LogP contribution in [0, 0.1) is 6.92 Å². The second-order valence-electron chi connectivity index (χ2n) is 6.99. The van der Waals surface area contributed by atoms with E-state index in [9.17, 15) is 4.79 Å². The molecule has 0 saturated carbocycles. The Morgan fingerprint density at radius 1 is 1.28 bits per heavy atom. The third kappa shape index (κ3) is 4.20. The number of aryl methyl sites for hydroxylation is 1. The van der Waals surface area contributed by atoms with Crippen LogP contribution in [0.5, 0.6) is 5.88 Å². The van der Waals surface area contributed by atoms with E-state index in [1.807, 2.05) is 6.92 Å². The highest BCUT2D eigenvalue weighted by Crippen LogP contribution is 2.26. The average molecular weight is 416 g/mol. The summed E-state index contributed by atoms with van der Waals surface area (Å²) in [7, 11) is 0. The summed E-state index contributed by atoms with van der Waals surface area (Å²) in [5, 5.41) is 15.3. The van der Waals surface area contributed by atoms with Crippen LogP contribution < -0.4 is 10.1 Å². The number of carbonyl (C=O) groups is 1. The minimum Gasteiger partial charge on any atom is -0.472 e. The lowest BCUT2D eigenvalue weighted by atomic mass is 10.0. The summed E-state index contributed by atoms with van der Waals surface area (Å²) in [6.07, 6.45) is 1.62. The maximum atomic E-state index is 12.2. The van der Waals surface area contributed by atoms with Crippen LogP contribution in [0.25, 0.3) is 11.3 Å². The smallest absolute Gasteiger partial charge is 0.272 e. The van der Waals surface area contributed by atoms with Gasteiger partial charge in [-0.2, -0.15) is 0 Å². The van der Waals surface area contributed by atoms with E-state index >= 15 is 0 Å². The molecule has 0 radical (unpaired) electrons. The first-order valence-electron chi connectivity index (χ1n) is 8.87. The molecule has 3 aromatic rings. The van der Waals surface area contributed by atoms with Crippen LogP contribution in [0.3, 0.4) is 0 Å². The molecule has 1 aliphatic heterocycles. The lowest BCUT2D eigenvalue weighted by Gasteiger charge is -2.38. The van der Waals surface area contributed by atoms with Crippen LogP contribution in [0.2, 0.25) is 5.15 Å². The molecule has 3 aromatic heterocycles. The van der Waals surface area contributed by atoms with Crippen molar-refractivity contribution in [2.24, 2.45) is 0 Å². The van der Waals surface area contributed by atoms with Gasteiger partial charge in [-0.3, -0.25) is 4.79 Å². The molecule has 10 heteroatoms. The molecule has 1 amide bonds. The summed E-state index contributed by atoms with van der Waals surface area (Å²) in [5.74, 6) is 0.595. The fourth-order valence-corrected chi connectivity index (χ4v) is 2.90. The first-order valence-corrected chi connectivity index (χ1v) is 9.25. The molecule has 0 aliphatic carbocycles. The number of nitrogens with one attached hydrogen (secondary N) is 1. The molecule has 4 rings (SSSR count). The van der Waals surface area contributed by atoms with Crippen LogP contribution in [0.1, 0.15) is 28.7 Å². The van der Waals surface area contributed by atoms with Crippen molar-refractivity contribution in [3.63, 3.8) is 0 Å². The zero-order valence-electron chi connectivity index (χ0n) is 15.8. The van der Waals surface area contributed by atoms with E-state index in [-0.39, 0.29) is 29.6 Å². The number of rotatable bonds is 6. The van der Waals surface area contributed by atoms with E-state index in [4.69, 9.17) is 25.6 Å². The molecular formula is C19H18ClN5O4. The van der Waals surface area contributed by atoms with E-state index in [0.29, 0.717) is 29.8 Å². The standard InChI is InChI=1S/C19H18ClN5O4/c1-11-13(17(25-29-11)12-3-5-15(20)21-7-12)8-28-16-6-4-14(23-24-16)18(26)22-19(2)9-27-10-19/h3-7H,8-10H2,1-2H3,(H,22,26). The van der Waals surface area contributed by atoms with E-state index < -0.39 is 0 Å². The van der Waals surface area contributed by atoms with Crippen LogP contribution in [0.4, 0.5) is 0 Å². The third-order valence-electron chi connectivity index (χ3n) is 4.48. The molecule has 29 heavy (non-hydrogen) atoms. The summed E-state index contributed by atoms with van der Waals surface area (Å²) < 4.78 is 16.1. The Balaban J connectivity index is 1.42. The van der Waals surface area contributed by atoms with E-state index in [0.717, 1.165) is 11.1 Å². The monoisotopic (exact) mass is 415 g/mol. The van der Waals surface area contributed by atoms with Crippen molar-refractivity contribution >= 4 is 17.5 Å². The Morgan fingerprint density at radius 3 is 2.72 bits per heavy atom. The molecular weight excluding hydrogens is 398 g/mol. The van der Waals surface area contributed by atoms with Gasteiger partial charge < -0.3 is 19.3 Å². The number of pyridine rings is 1. The minimum absolute atomic E-state index is 0.170. The summed E-state index contributed by atoms with van der Waals surface area (Å²) >= 11 is 5.84. The molecule has 9 nitrogen and oxygen atoms in total. The molecule has 150 valence electrons. The van der Waals surface area contributed by atoms with Crippen molar-refractivity contribution in [3.05, 3.63) is 52.6 Å². The maximum absolute atomic E-state index is 12.2. The number of hydrogen-bond acceptors (Lipinski definition) is 8. The lowest BCUT2D eigenvalue weighted by molar-refractivity contribution is -0.0594. The fourth-order valence-electron chi connectivity index (χ4n) is 2.79. The largest absolute Gasteiger partial charge is 0.472 e. The molecule has 0 spiro atoms. The van der Waals surface area contributed by atoms with Gasteiger partial charge in [-0.15, -0.1) is 10.2 Å². The minimum atomic E-state index is -0.354. The van der Waals surface area contributed by atoms with E-state index in [1.165, 1.54) is 0 Å². The molecule has 1 aliphatic rings. The normalized spacial score (nSPS) is 14.9. The van der Waals surface area contributed by atoms with Gasteiger partial charge in [-0.1, -0.05) is 16.8 Å². The quantitative estimate of drug-likeness (QED) is 0.611. The zero-order valence-corrected chi connectivity index (χ0v) is 16.6. The van der Waals surface area contributed by atoms with Gasteiger partial charge in [0.25, 0.3) is 5.91 Å². The van der Waals surface area contributed by atoms with Crippen molar-refractivity contribution in [2.75, 3.05) is 13.2 Å². The molecule has 1 saturated heterocycles. The van der Waals surface area contributed by atoms with E-state index in [1.54, 1.807) is 37.4 Å². The SMILES string of the molecule is Cc1onc(-c2ccc(Cl)nc2)c1COc1ccc(C(=O)NC2(C)COC2)nn1. The van der Waals surface area contributed by atoms with Gasteiger partial charge in [0.15, 0.2) is 5.69 Å². The zero-order chi connectivity index (χ0) is 20.4. The Morgan fingerprint density at radius 2 is 2.10 bits per heavy atom. The lowest BCUT2D eigenvalue weighted by Crippen LogP contribution is -2.60. The maximum Gasteiger partial charge on any atom is 0.272 e. The predicted molar refractivity (Wildman–Crippen MR) is 103 cm³/mol. The van der Waals surface area contributed by atoms with Crippen LogP contribution in [-0.2, 0) is 11.3 Å². The number of amides is 1. The number of aromatic nitrogens is 4. The highest BCUT2D eigenvalue weighted by Gasteiger charge is 2.35. The predicted octanol–water partition coefficient (Wildman–Crippen LogP) is 2.59. The van der Waals surface area contributed by atoms with Gasteiger partial charge in [0.1, 0.15) is 23.2 Å². The number of halogens is 1. The summed E-state index contributed by atoms with van der Waals surface area (Å²) in [6, 6.07) is 6.63. The Hall–Kier alpha value is -3.04.